The van der Waals surface area contributed by atoms with Crippen molar-refractivity contribution in [3.8, 4) is 0 Å². The Morgan fingerprint density at radius 2 is 1.86 bits per heavy atom. The highest BCUT2D eigenvalue weighted by Crippen LogP contribution is 2.34. The van der Waals surface area contributed by atoms with Gasteiger partial charge in [0.1, 0.15) is 16.9 Å². The highest BCUT2D eigenvalue weighted by atomic mass is 16.4. The van der Waals surface area contributed by atoms with Crippen LogP contribution in [-0.2, 0) is 13.0 Å². The van der Waals surface area contributed by atoms with E-state index < -0.39 is 0 Å². The Bertz CT molecular complexity index is 911. The minimum atomic E-state index is -0.332. The zero-order valence-corrected chi connectivity index (χ0v) is 12.9. The van der Waals surface area contributed by atoms with Gasteiger partial charge in [0.05, 0.1) is 0 Å². The number of benzene rings is 1. The van der Waals surface area contributed by atoms with Crippen molar-refractivity contribution in [1.29, 1.82) is 0 Å². The van der Waals surface area contributed by atoms with Crippen LogP contribution in [0.3, 0.4) is 0 Å². The van der Waals surface area contributed by atoms with E-state index in [1.165, 1.54) is 13.6 Å². The summed E-state index contributed by atoms with van der Waals surface area (Å²) in [6.45, 7) is 6.48. The van der Waals surface area contributed by atoms with Crippen LogP contribution >= 0.6 is 0 Å². The van der Waals surface area contributed by atoms with E-state index >= 15 is 0 Å². The van der Waals surface area contributed by atoms with Crippen molar-refractivity contribution < 1.29 is 8.83 Å². The molecule has 0 saturated carbocycles. The Labute approximate surface area is 128 Å². The summed E-state index contributed by atoms with van der Waals surface area (Å²) in [4.78, 5) is 11.7. The molecule has 0 spiro atoms. The number of fused-ring (bicyclic) bond motifs is 2. The molecule has 0 fully saturated rings. The molecule has 0 saturated heterocycles. The SMILES string of the molecule is CCc1c2oc(=O)cc(C)c2cc2c(CN[B]N)c(C)oc12. The first-order valence-corrected chi connectivity index (χ1v) is 7.32. The van der Waals surface area contributed by atoms with E-state index in [9.17, 15) is 4.79 Å². The van der Waals surface area contributed by atoms with Gasteiger partial charge in [0.25, 0.3) is 0 Å². The Morgan fingerprint density at radius 1 is 1.14 bits per heavy atom. The molecule has 5 nitrogen and oxygen atoms in total. The molecule has 3 aromatic rings. The molecule has 0 aliphatic heterocycles. The molecule has 1 radical (unpaired) electrons. The van der Waals surface area contributed by atoms with Crippen molar-refractivity contribution in [3.05, 3.63) is 45.0 Å². The van der Waals surface area contributed by atoms with Gasteiger partial charge in [0.2, 0.25) is 0 Å². The van der Waals surface area contributed by atoms with Crippen molar-refractivity contribution in [2.75, 3.05) is 0 Å². The normalized spacial score (nSPS) is 11.5. The van der Waals surface area contributed by atoms with E-state index in [0.717, 1.165) is 45.2 Å². The first-order chi connectivity index (χ1) is 10.6. The van der Waals surface area contributed by atoms with E-state index in [2.05, 4.69) is 5.23 Å². The zero-order valence-electron chi connectivity index (χ0n) is 12.9. The molecule has 0 unspecified atom stereocenters. The fraction of sp³-hybridized carbons (Fsp3) is 0.312. The van der Waals surface area contributed by atoms with E-state index in [0.29, 0.717) is 12.1 Å². The third-order valence-corrected chi connectivity index (χ3v) is 4.04. The van der Waals surface area contributed by atoms with Crippen molar-refractivity contribution in [2.24, 2.45) is 5.64 Å². The Hall–Kier alpha value is -2.05. The van der Waals surface area contributed by atoms with Gasteiger partial charge in [-0.25, -0.2) is 4.79 Å². The lowest BCUT2D eigenvalue weighted by Crippen LogP contribution is -2.26. The molecule has 1 aromatic carbocycles. The van der Waals surface area contributed by atoms with Crippen molar-refractivity contribution in [1.82, 2.24) is 5.23 Å². The van der Waals surface area contributed by atoms with Crippen LogP contribution in [0.4, 0.5) is 0 Å². The number of hydrogen-bond acceptors (Lipinski definition) is 5. The first-order valence-electron chi connectivity index (χ1n) is 7.32. The second-order valence-electron chi connectivity index (χ2n) is 5.39. The number of nitrogens with two attached hydrogens (primary N) is 1. The Kier molecular flexibility index (Phi) is 3.80. The molecule has 0 aliphatic carbocycles. The van der Waals surface area contributed by atoms with Crippen molar-refractivity contribution >= 4 is 29.5 Å². The van der Waals surface area contributed by atoms with E-state index in [1.54, 1.807) is 0 Å². The monoisotopic (exact) mass is 297 g/mol. The van der Waals surface area contributed by atoms with Crippen LogP contribution in [0.2, 0.25) is 0 Å². The van der Waals surface area contributed by atoms with E-state index in [-0.39, 0.29) is 5.63 Å². The summed E-state index contributed by atoms with van der Waals surface area (Å²) >= 11 is 0. The maximum absolute atomic E-state index is 11.7. The fourth-order valence-electron chi connectivity index (χ4n) is 2.94. The van der Waals surface area contributed by atoms with Gasteiger partial charge in [-0.15, -0.1) is 0 Å². The van der Waals surface area contributed by atoms with Crippen LogP contribution in [-0.4, -0.2) is 7.55 Å². The molecule has 2 heterocycles. The van der Waals surface area contributed by atoms with Gasteiger partial charge in [-0.2, -0.15) is 0 Å². The van der Waals surface area contributed by atoms with Gasteiger partial charge >= 0.3 is 13.2 Å². The van der Waals surface area contributed by atoms with Crippen molar-refractivity contribution in [3.63, 3.8) is 0 Å². The number of rotatable bonds is 4. The summed E-state index contributed by atoms with van der Waals surface area (Å²) in [6.07, 6.45) is 0.725. The summed E-state index contributed by atoms with van der Waals surface area (Å²) in [5.74, 6) is 0.842. The molecule has 0 bridgehead atoms. The molecule has 3 N–H and O–H groups in total. The molecule has 22 heavy (non-hydrogen) atoms. The number of nitrogens with one attached hydrogen (secondary N) is 1. The average Bonchev–Trinajstić information content (AvgIpc) is 2.78. The third kappa shape index (κ3) is 2.24. The van der Waals surface area contributed by atoms with E-state index in [1.807, 2.05) is 26.8 Å². The predicted molar refractivity (Wildman–Crippen MR) is 87.9 cm³/mol. The molecule has 2 aromatic heterocycles. The van der Waals surface area contributed by atoms with Gasteiger partial charge in [-0.05, 0) is 31.9 Å². The quantitative estimate of drug-likeness (QED) is 0.570. The molecule has 113 valence electrons. The summed E-state index contributed by atoms with van der Waals surface area (Å²) in [7, 11) is 1.42. The second kappa shape index (κ2) is 5.63. The lowest BCUT2D eigenvalue weighted by Gasteiger charge is -2.07. The van der Waals surface area contributed by atoms with Gasteiger partial charge in [0, 0.05) is 34.5 Å². The number of furan rings is 1. The number of hydrogen-bond donors (Lipinski definition) is 2. The topological polar surface area (TPSA) is 81.4 Å². The van der Waals surface area contributed by atoms with Crippen LogP contribution in [0.25, 0.3) is 21.9 Å². The van der Waals surface area contributed by atoms with Crippen LogP contribution in [0.15, 0.2) is 25.8 Å². The van der Waals surface area contributed by atoms with Crippen LogP contribution < -0.4 is 16.5 Å². The van der Waals surface area contributed by atoms with Crippen molar-refractivity contribution in [2.45, 2.75) is 33.7 Å². The molecule has 0 aliphatic rings. The maximum Gasteiger partial charge on any atom is 0.336 e. The molecular weight excluding hydrogens is 279 g/mol. The standard InChI is InChI=1S/C16H18BN2O3/c1-4-10-15-11(8(2)5-14(20)22-15)6-12-13(7-19-17-18)9(3)21-16(10)12/h5-6,19H,4,7,18H2,1-3H3. The molecule has 6 heteroatoms. The van der Waals surface area contributed by atoms with E-state index in [4.69, 9.17) is 14.5 Å². The summed E-state index contributed by atoms with van der Waals surface area (Å²) in [5, 5.41) is 4.99. The lowest BCUT2D eigenvalue weighted by molar-refractivity contribution is 0.548. The third-order valence-electron chi connectivity index (χ3n) is 4.04. The summed E-state index contributed by atoms with van der Waals surface area (Å²) in [5.41, 5.74) is 9.40. The Morgan fingerprint density at radius 3 is 2.55 bits per heavy atom. The first kappa shape index (κ1) is 14.9. The highest BCUT2D eigenvalue weighted by Gasteiger charge is 2.18. The number of aryl methyl sites for hydroxylation is 3. The highest BCUT2D eigenvalue weighted by molar-refractivity contribution is 6.27. The summed E-state index contributed by atoms with van der Waals surface area (Å²) in [6, 6.07) is 3.55. The minimum Gasteiger partial charge on any atom is -0.461 e. The molecule has 3 rings (SSSR count). The van der Waals surface area contributed by atoms with Gasteiger partial charge < -0.3 is 19.7 Å². The van der Waals surface area contributed by atoms with Gasteiger partial charge in [0.15, 0.2) is 0 Å². The van der Waals surface area contributed by atoms with Gasteiger partial charge in [-0.3, -0.25) is 0 Å². The minimum absolute atomic E-state index is 0.332. The zero-order chi connectivity index (χ0) is 15.9. The largest absolute Gasteiger partial charge is 0.461 e. The van der Waals surface area contributed by atoms with Gasteiger partial charge in [-0.1, -0.05) is 6.92 Å². The van der Waals surface area contributed by atoms with Crippen LogP contribution in [0.1, 0.15) is 29.4 Å². The average molecular weight is 297 g/mol. The molecular formula is C16H18BN2O3. The lowest BCUT2D eigenvalue weighted by atomic mass is 9.99. The molecule has 0 amide bonds. The smallest absolute Gasteiger partial charge is 0.336 e. The summed E-state index contributed by atoms with van der Waals surface area (Å²) < 4.78 is 11.4. The maximum atomic E-state index is 11.7. The predicted octanol–water partition coefficient (Wildman–Crippen LogP) is 2.30. The fourth-order valence-corrected chi connectivity index (χ4v) is 2.94. The second-order valence-corrected chi connectivity index (χ2v) is 5.39. The molecule has 0 atom stereocenters. The Balaban J connectivity index is 2.42. The van der Waals surface area contributed by atoms with Crippen LogP contribution in [0.5, 0.6) is 0 Å². The van der Waals surface area contributed by atoms with Crippen LogP contribution in [0, 0.1) is 13.8 Å².